The van der Waals surface area contributed by atoms with E-state index in [1.807, 2.05) is 6.92 Å². The molecule has 0 spiro atoms. The minimum absolute atomic E-state index is 0.134. The zero-order valence-corrected chi connectivity index (χ0v) is 12.5. The largest absolute Gasteiger partial charge is 0.493 e. The maximum atomic E-state index is 13.6. The number of ether oxygens (including phenoxy) is 1. The Kier molecular flexibility index (Phi) is 4.67. The van der Waals surface area contributed by atoms with Crippen molar-refractivity contribution in [3.05, 3.63) is 63.4 Å². The highest BCUT2D eigenvalue weighted by molar-refractivity contribution is 9.10. The average Bonchev–Trinajstić information content (AvgIpc) is 2.46. The fourth-order valence-electron chi connectivity index (χ4n) is 1.77. The second kappa shape index (κ2) is 6.30. The predicted molar refractivity (Wildman–Crippen MR) is 75.1 cm³/mol. The van der Waals surface area contributed by atoms with Gasteiger partial charge in [-0.2, -0.15) is 0 Å². The van der Waals surface area contributed by atoms with Gasteiger partial charge in [-0.25, -0.2) is 13.2 Å². The summed E-state index contributed by atoms with van der Waals surface area (Å²) in [5.74, 6) is -4.71. The molecular weight excluding hydrogens is 349 g/mol. The fourth-order valence-corrected chi connectivity index (χ4v) is 2.26. The summed E-state index contributed by atoms with van der Waals surface area (Å²) >= 11 is 3.23. The number of hydrogen-bond acceptors (Lipinski definition) is 2. The Bertz CT molecular complexity index is 702. The molecule has 0 N–H and O–H groups in total. The molecule has 2 aromatic rings. The summed E-state index contributed by atoms with van der Waals surface area (Å²) < 4.78 is 45.5. The minimum atomic E-state index is -1.66. The first kappa shape index (κ1) is 15.6. The Labute approximate surface area is 127 Å². The topological polar surface area (TPSA) is 26.3 Å². The van der Waals surface area contributed by atoms with Crippen molar-refractivity contribution in [2.75, 3.05) is 6.61 Å². The van der Waals surface area contributed by atoms with Gasteiger partial charge in [0, 0.05) is 5.56 Å². The van der Waals surface area contributed by atoms with Gasteiger partial charge in [0.1, 0.15) is 5.75 Å². The van der Waals surface area contributed by atoms with Crippen LogP contribution in [-0.4, -0.2) is 12.4 Å². The van der Waals surface area contributed by atoms with Crippen molar-refractivity contribution in [2.45, 2.75) is 6.92 Å². The molecule has 2 aromatic carbocycles. The summed E-state index contributed by atoms with van der Waals surface area (Å²) in [6.07, 6.45) is 0. The Morgan fingerprint density at radius 1 is 1.14 bits per heavy atom. The van der Waals surface area contributed by atoms with Gasteiger partial charge in [-0.1, -0.05) is 0 Å². The summed E-state index contributed by atoms with van der Waals surface area (Å²) in [5, 5.41) is 0. The van der Waals surface area contributed by atoms with Crippen LogP contribution in [0.1, 0.15) is 22.8 Å². The van der Waals surface area contributed by atoms with Gasteiger partial charge in [-0.15, -0.1) is 0 Å². The lowest BCUT2D eigenvalue weighted by molar-refractivity contribution is 0.103. The molecular formula is C15H10BrF3O2. The van der Waals surface area contributed by atoms with Crippen molar-refractivity contribution in [2.24, 2.45) is 0 Å². The zero-order valence-electron chi connectivity index (χ0n) is 10.9. The number of carbonyl (C=O) groups is 1. The van der Waals surface area contributed by atoms with Gasteiger partial charge in [0.25, 0.3) is 0 Å². The van der Waals surface area contributed by atoms with Crippen LogP contribution in [0.3, 0.4) is 0 Å². The summed E-state index contributed by atoms with van der Waals surface area (Å²) in [6.45, 7) is 2.26. The van der Waals surface area contributed by atoms with Gasteiger partial charge in [0.15, 0.2) is 23.2 Å². The molecule has 21 heavy (non-hydrogen) atoms. The van der Waals surface area contributed by atoms with Crippen molar-refractivity contribution < 1.29 is 22.7 Å². The van der Waals surface area contributed by atoms with Crippen LogP contribution in [0.25, 0.3) is 0 Å². The van der Waals surface area contributed by atoms with Gasteiger partial charge in [0.05, 0.1) is 16.6 Å². The number of hydrogen-bond donors (Lipinski definition) is 0. The highest BCUT2D eigenvalue weighted by Crippen LogP contribution is 2.27. The maximum absolute atomic E-state index is 13.6. The number of carbonyl (C=O) groups excluding carboxylic acids is 1. The van der Waals surface area contributed by atoms with Crippen LogP contribution in [-0.2, 0) is 0 Å². The van der Waals surface area contributed by atoms with Crippen LogP contribution in [0.5, 0.6) is 5.75 Å². The zero-order chi connectivity index (χ0) is 15.6. The quantitative estimate of drug-likeness (QED) is 0.594. The van der Waals surface area contributed by atoms with E-state index in [9.17, 15) is 18.0 Å². The molecule has 0 aliphatic heterocycles. The van der Waals surface area contributed by atoms with E-state index in [0.29, 0.717) is 16.8 Å². The van der Waals surface area contributed by atoms with Crippen LogP contribution < -0.4 is 4.74 Å². The molecule has 0 aromatic heterocycles. The van der Waals surface area contributed by atoms with Gasteiger partial charge in [-0.3, -0.25) is 4.79 Å². The lowest BCUT2D eigenvalue weighted by Gasteiger charge is -2.08. The Morgan fingerprint density at radius 3 is 2.48 bits per heavy atom. The van der Waals surface area contributed by atoms with Crippen molar-refractivity contribution >= 4 is 21.7 Å². The van der Waals surface area contributed by atoms with Gasteiger partial charge < -0.3 is 4.74 Å². The summed E-state index contributed by atoms with van der Waals surface area (Å²) in [6, 6.07) is 6.04. The molecule has 0 aliphatic rings. The molecule has 0 fully saturated rings. The summed E-state index contributed by atoms with van der Waals surface area (Å²) in [4.78, 5) is 12.2. The first-order valence-electron chi connectivity index (χ1n) is 6.06. The Balaban J connectivity index is 2.41. The molecule has 110 valence electrons. The van der Waals surface area contributed by atoms with Gasteiger partial charge >= 0.3 is 0 Å². The third-order valence-electron chi connectivity index (χ3n) is 2.77. The first-order chi connectivity index (χ1) is 9.95. The molecule has 0 amide bonds. The van der Waals surface area contributed by atoms with E-state index in [-0.39, 0.29) is 5.56 Å². The van der Waals surface area contributed by atoms with Gasteiger partial charge in [0.2, 0.25) is 0 Å². The molecule has 2 rings (SSSR count). The SMILES string of the molecule is CCOc1ccc(C(=O)c2ccc(F)c(F)c2F)cc1Br. The van der Waals surface area contributed by atoms with E-state index in [1.54, 1.807) is 6.07 Å². The van der Waals surface area contributed by atoms with Crippen LogP contribution >= 0.6 is 15.9 Å². The van der Waals surface area contributed by atoms with Crippen molar-refractivity contribution in [1.82, 2.24) is 0 Å². The fraction of sp³-hybridized carbons (Fsp3) is 0.133. The number of ketones is 1. The van der Waals surface area contributed by atoms with Crippen LogP contribution in [0.2, 0.25) is 0 Å². The lowest BCUT2D eigenvalue weighted by Crippen LogP contribution is -2.07. The van der Waals surface area contributed by atoms with E-state index in [4.69, 9.17) is 4.74 Å². The number of benzene rings is 2. The molecule has 0 atom stereocenters. The third kappa shape index (κ3) is 3.10. The van der Waals surface area contributed by atoms with E-state index in [2.05, 4.69) is 15.9 Å². The molecule has 0 saturated heterocycles. The molecule has 0 heterocycles. The molecule has 2 nitrogen and oxygen atoms in total. The molecule has 0 bridgehead atoms. The second-order valence-corrected chi connectivity index (χ2v) is 4.98. The minimum Gasteiger partial charge on any atom is -0.493 e. The highest BCUT2D eigenvalue weighted by Gasteiger charge is 2.20. The standard InChI is InChI=1S/C15H10BrF3O2/c1-2-21-12-6-3-8(7-10(12)16)15(20)9-4-5-11(17)14(19)13(9)18/h3-7H,2H2,1H3. The Morgan fingerprint density at radius 2 is 1.86 bits per heavy atom. The summed E-state index contributed by atoms with van der Waals surface area (Å²) in [5.41, 5.74) is -0.389. The molecule has 0 unspecified atom stereocenters. The van der Waals surface area contributed by atoms with Crippen molar-refractivity contribution in [3.63, 3.8) is 0 Å². The smallest absolute Gasteiger partial charge is 0.196 e. The first-order valence-corrected chi connectivity index (χ1v) is 6.85. The van der Waals surface area contributed by atoms with Gasteiger partial charge in [-0.05, 0) is 53.2 Å². The normalized spacial score (nSPS) is 10.5. The van der Waals surface area contributed by atoms with E-state index < -0.39 is 28.8 Å². The monoisotopic (exact) mass is 358 g/mol. The molecule has 6 heteroatoms. The van der Waals surface area contributed by atoms with Crippen LogP contribution in [0.15, 0.2) is 34.8 Å². The van der Waals surface area contributed by atoms with E-state index in [0.717, 1.165) is 12.1 Å². The van der Waals surface area contributed by atoms with Crippen molar-refractivity contribution in [3.8, 4) is 5.75 Å². The average molecular weight is 359 g/mol. The molecule has 0 aliphatic carbocycles. The highest BCUT2D eigenvalue weighted by atomic mass is 79.9. The Hall–Kier alpha value is -1.82. The third-order valence-corrected chi connectivity index (χ3v) is 3.39. The van der Waals surface area contributed by atoms with E-state index >= 15 is 0 Å². The van der Waals surface area contributed by atoms with Crippen LogP contribution in [0, 0.1) is 17.5 Å². The molecule has 0 radical (unpaired) electrons. The summed E-state index contributed by atoms with van der Waals surface area (Å²) in [7, 11) is 0. The predicted octanol–water partition coefficient (Wildman–Crippen LogP) is 4.50. The van der Waals surface area contributed by atoms with E-state index in [1.165, 1.54) is 12.1 Å². The molecule has 0 saturated carbocycles. The van der Waals surface area contributed by atoms with Crippen molar-refractivity contribution in [1.29, 1.82) is 0 Å². The number of halogens is 4. The second-order valence-electron chi connectivity index (χ2n) is 4.13. The lowest BCUT2D eigenvalue weighted by atomic mass is 10.0. The maximum Gasteiger partial charge on any atom is 0.196 e. The number of rotatable bonds is 4. The van der Waals surface area contributed by atoms with Crippen LogP contribution in [0.4, 0.5) is 13.2 Å².